The number of rotatable bonds is 5. The second kappa shape index (κ2) is 7.46. The standard InChI is InChI=1S/C21H41NO3/c1-15-8-18(12-19(2,3)9-15)25-14-17(24)13-22-20(4,5)10-16(23)11-21(22,6)7/h15-18,23-24H,8-14H2,1-7H3/t15-,17-,18-/m1/s1. The summed E-state index contributed by atoms with van der Waals surface area (Å²) in [6.45, 7) is 16.6. The van der Waals surface area contributed by atoms with E-state index in [2.05, 4.69) is 53.4 Å². The Morgan fingerprint density at radius 3 is 2.08 bits per heavy atom. The van der Waals surface area contributed by atoms with E-state index in [1.807, 2.05) is 0 Å². The van der Waals surface area contributed by atoms with Gasteiger partial charge in [-0.3, -0.25) is 4.90 Å². The van der Waals surface area contributed by atoms with Crippen LogP contribution in [0.2, 0.25) is 0 Å². The number of likely N-dealkylation sites (tertiary alicyclic amines) is 1. The van der Waals surface area contributed by atoms with E-state index in [4.69, 9.17) is 4.74 Å². The zero-order valence-corrected chi connectivity index (χ0v) is 17.5. The summed E-state index contributed by atoms with van der Waals surface area (Å²) < 4.78 is 6.12. The summed E-state index contributed by atoms with van der Waals surface area (Å²) in [5.41, 5.74) is 0.0905. The molecular formula is C21H41NO3. The van der Waals surface area contributed by atoms with Crippen LogP contribution in [0.3, 0.4) is 0 Å². The van der Waals surface area contributed by atoms with Crippen molar-refractivity contribution in [1.29, 1.82) is 0 Å². The van der Waals surface area contributed by atoms with Crippen molar-refractivity contribution < 1.29 is 14.9 Å². The molecule has 25 heavy (non-hydrogen) atoms. The molecule has 4 nitrogen and oxygen atoms in total. The van der Waals surface area contributed by atoms with E-state index in [0.29, 0.717) is 24.5 Å². The summed E-state index contributed by atoms with van der Waals surface area (Å²) in [6.07, 6.45) is 4.44. The summed E-state index contributed by atoms with van der Waals surface area (Å²) in [5, 5.41) is 20.8. The highest BCUT2D eigenvalue weighted by Gasteiger charge is 2.45. The molecule has 2 N–H and O–H groups in total. The highest BCUT2D eigenvalue weighted by atomic mass is 16.5. The lowest BCUT2D eigenvalue weighted by molar-refractivity contribution is -0.114. The maximum atomic E-state index is 10.6. The first-order valence-corrected chi connectivity index (χ1v) is 10.1. The van der Waals surface area contributed by atoms with E-state index in [1.54, 1.807) is 0 Å². The maximum Gasteiger partial charge on any atom is 0.0900 e. The number of β-amino-alcohol motifs (C(OH)–C–C–N with tert-alkyl or cyclic N) is 1. The predicted octanol–water partition coefficient (Wildman–Crippen LogP) is 3.59. The Balaban J connectivity index is 1.90. The van der Waals surface area contributed by atoms with Gasteiger partial charge in [-0.05, 0) is 71.1 Å². The maximum absolute atomic E-state index is 10.6. The van der Waals surface area contributed by atoms with Crippen molar-refractivity contribution >= 4 is 0 Å². The van der Waals surface area contributed by atoms with E-state index >= 15 is 0 Å². The van der Waals surface area contributed by atoms with Crippen molar-refractivity contribution in [3.05, 3.63) is 0 Å². The fraction of sp³-hybridized carbons (Fsp3) is 1.00. The lowest BCUT2D eigenvalue weighted by Gasteiger charge is -2.55. The van der Waals surface area contributed by atoms with Crippen molar-refractivity contribution in [2.24, 2.45) is 11.3 Å². The largest absolute Gasteiger partial charge is 0.393 e. The first kappa shape index (κ1) is 21.1. The molecule has 0 bridgehead atoms. The van der Waals surface area contributed by atoms with Gasteiger partial charge in [0.15, 0.2) is 0 Å². The molecular weight excluding hydrogens is 314 g/mol. The van der Waals surface area contributed by atoms with Gasteiger partial charge >= 0.3 is 0 Å². The highest BCUT2D eigenvalue weighted by Crippen LogP contribution is 2.40. The van der Waals surface area contributed by atoms with Gasteiger partial charge in [0.2, 0.25) is 0 Å². The monoisotopic (exact) mass is 355 g/mol. The molecule has 0 aromatic heterocycles. The lowest BCUT2D eigenvalue weighted by Crippen LogP contribution is -2.63. The minimum Gasteiger partial charge on any atom is -0.393 e. The Kier molecular flexibility index (Phi) is 6.31. The minimum atomic E-state index is -0.492. The number of ether oxygens (including phenoxy) is 1. The molecule has 0 unspecified atom stereocenters. The van der Waals surface area contributed by atoms with Crippen molar-refractivity contribution in [2.75, 3.05) is 13.2 Å². The van der Waals surface area contributed by atoms with Gasteiger partial charge < -0.3 is 14.9 Å². The number of hydrogen-bond acceptors (Lipinski definition) is 4. The molecule has 1 saturated heterocycles. The zero-order chi connectivity index (χ0) is 19.0. The van der Waals surface area contributed by atoms with Crippen LogP contribution in [0.15, 0.2) is 0 Å². The highest BCUT2D eigenvalue weighted by molar-refractivity contribution is 5.00. The molecule has 4 heteroatoms. The molecule has 0 radical (unpaired) electrons. The lowest BCUT2D eigenvalue weighted by atomic mass is 9.71. The summed E-state index contributed by atoms with van der Waals surface area (Å²) in [4.78, 5) is 2.36. The van der Waals surface area contributed by atoms with Crippen LogP contribution in [-0.4, -0.2) is 57.7 Å². The van der Waals surface area contributed by atoms with Crippen molar-refractivity contribution in [3.63, 3.8) is 0 Å². The Bertz CT molecular complexity index is 428. The zero-order valence-electron chi connectivity index (χ0n) is 17.5. The normalized spacial score (nSPS) is 34.0. The molecule has 148 valence electrons. The Hall–Kier alpha value is -0.160. The van der Waals surface area contributed by atoms with Crippen molar-refractivity contribution in [1.82, 2.24) is 4.90 Å². The summed E-state index contributed by atoms with van der Waals surface area (Å²) >= 11 is 0. The number of nitrogens with zero attached hydrogens (tertiary/aromatic N) is 1. The fourth-order valence-electron chi connectivity index (χ4n) is 5.66. The topological polar surface area (TPSA) is 52.9 Å². The van der Waals surface area contributed by atoms with Gasteiger partial charge in [0, 0.05) is 17.6 Å². The third kappa shape index (κ3) is 5.66. The van der Waals surface area contributed by atoms with Crippen LogP contribution in [0.25, 0.3) is 0 Å². The van der Waals surface area contributed by atoms with Gasteiger partial charge in [0.1, 0.15) is 0 Å². The Morgan fingerprint density at radius 1 is 1.00 bits per heavy atom. The minimum absolute atomic E-state index is 0.122. The molecule has 2 rings (SSSR count). The molecule has 1 aliphatic carbocycles. The number of piperidine rings is 1. The molecule has 1 saturated carbocycles. The second-order valence-corrected chi connectivity index (χ2v) is 10.8. The van der Waals surface area contributed by atoms with Crippen LogP contribution < -0.4 is 0 Å². The van der Waals surface area contributed by atoms with Crippen molar-refractivity contribution in [3.8, 4) is 0 Å². The van der Waals surface area contributed by atoms with E-state index < -0.39 is 6.10 Å². The van der Waals surface area contributed by atoms with Gasteiger partial charge in [-0.25, -0.2) is 0 Å². The van der Waals surface area contributed by atoms with Gasteiger partial charge in [0.05, 0.1) is 24.9 Å². The molecule has 1 heterocycles. The molecule has 0 spiro atoms. The number of aliphatic hydroxyl groups excluding tert-OH is 2. The Morgan fingerprint density at radius 2 is 1.56 bits per heavy atom. The van der Waals surface area contributed by atoms with E-state index in [0.717, 1.165) is 25.7 Å². The van der Waals surface area contributed by atoms with Gasteiger partial charge in [0.25, 0.3) is 0 Å². The predicted molar refractivity (Wildman–Crippen MR) is 103 cm³/mol. The molecule has 0 amide bonds. The first-order chi connectivity index (χ1) is 11.3. The van der Waals surface area contributed by atoms with Crippen LogP contribution in [0.5, 0.6) is 0 Å². The number of hydrogen-bond donors (Lipinski definition) is 2. The molecule has 3 atom stereocenters. The SMILES string of the molecule is C[C@@H]1C[C@@H](OC[C@H](O)CN2C(C)(C)CC(O)CC2(C)C)CC(C)(C)C1. The smallest absolute Gasteiger partial charge is 0.0900 e. The first-order valence-electron chi connectivity index (χ1n) is 10.1. The molecule has 0 aromatic carbocycles. The van der Waals surface area contributed by atoms with Gasteiger partial charge in [-0.1, -0.05) is 20.8 Å². The average Bonchev–Trinajstić information content (AvgIpc) is 2.37. The molecule has 0 aromatic rings. The van der Waals surface area contributed by atoms with Gasteiger partial charge in [-0.15, -0.1) is 0 Å². The third-order valence-corrected chi connectivity index (χ3v) is 6.20. The summed E-state index contributed by atoms with van der Waals surface area (Å²) in [7, 11) is 0. The average molecular weight is 356 g/mol. The second-order valence-electron chi connectivity index (χ2n) is 10.8. The van der Waals surface area contributed by atoms with Crippen LogP contribution in [0, 0.1) is 11.3 Å². The van der Waals surface area contributed by atoms with E-state index in [1.165, 1.54) is 6.42 Å². The van der Waals surface area contributed by atoms with Crippen LogP contribution in [0.1, 0.15) is 80.6 Å². The summed E-state index contributed by atoms with van der Waals surface area (Å²) in [6, 6.07) is 0. The number of aliphatic hydroxyl groups is 2. The fourth-order valence-corrected chi connectivity index (χ4v) is 5.66. The summed E-state index contributed by atoms with van der Waals surface area (Å²) in [5.74, 6) is 0.687. The van der Waals surface area contributed by atoms with Crippen molar-refractivity contribution in [2.45, 2.75) is 110 Å². The van der Waals surface area contributed by atoms with Gasteiger partial charge in [-0.2, -0.15) is 0 Å². The van der Waals surface area contributed by atoms with E-state index in [9.17, 15) is 10.2 Å². The van der Waals surface area contributed by atoms with E-state index in [-0.39, 0.29) is 23.3 Å². The molecule has 1 aliphatic heterocycles. The third-order valence-electron chi connectivity index (χ3n) is 6.20. The molecule has 2 aliphatic rings. The van der Waals surface area contributed by atoms with Crippen LogP contribution in [0.4, 0.5) is 0 Å². The van der Waals surface area contributed by atoms with Crippen LogP contribution >= 0.6 is 0 Å². The molecule has 2 fully saturated rings. The quantitative estimate of drug-likeness (QED) is 0.791. The Labute approximate surface area is 154 Å². The van der Waals surface area contributed by atoms with Crippen LogP contribution in [-0.2, 0) is 4.74 Å².